The van der Waals surface area contributed by atoms with E-state index in [1.54, 1.807) is 45.7 Å². The van der Waals surface area contributed by atoms with Crippen LogP contribution >= 0.6 is 11.8 Å². The highest BCUT2D eigenvalue weighted by Crippen LogP contribution is 2.20. The number of pyridine rings is 1. The quantitative estimate of drug-likeness (QED) is 0.660. The number of aryl methyl sites for hydroxylation is 2. The molecule has 1 aliphatic carbocycles. The lowest BCUT2D eigenvalue weighted by Crippen LogP contribution is -2.44. The summed E-state index contributed by atoms with van der Waals surface area (Å²) in [6.45, 7) is 3.83. The molecule has 2 aromatic heterocycles. The van der Waals surface area contributed by atoms with Gasteiger partial charge in [0.2, 0.25) is 11.9 Å². The average Bonchev–Trinajstić information content (AvgIpc) is 3.41. The van der Waals surface area contributed by atoms with Crippen LogP contribution in [0.2, 0.25) is 0 Å². The second-order valence-electron chi connectivity index (χ2n) is 7.82. The molecule has 0 unspecified atom stereocenters. The number of carbonyl (C=O) groups is 1. The second kappa shape index (κ2) is 11.2. The smallest absolute Gasteiger partial charge is 0.248 e. The van der Waals surface area contributed by atoms with E-state index in [2.05, 4.69) is 51.2 Å². The molecule has 3 aromatic rings. The van der Waals surface area contributed by atoms with E-state index in [0.29, 0.717) is 17.2 Å². The maximum Gasteiger partial charge on any atom is 0.248 e. The van der Waals surface area contributed by atoms with Crippen molar-refractivity contribution >= 4 is 29.3 Å². The molecular weight excluding hydrogens is 408 g/mol. The fraction of sp³-hybridized carbons (Fsp3) is 0.435. The van der Waals surface area contributed by atoms with Gasteiger partial charge in [-0.25, -0.2) is 4.52 Å². The third-order valence-corrected chi connectivity index (χ3v) is 5.41. The number of hydrogen-bond donors (Lipinski definition) is 1. The minimum absolute atomic E-state index is 0.449. The molecule has 2 aliphatic rings. The Morgan fingerprint density at radius 2 is 1.65 bits per heavy atom. The molecule has 0 radical (unpaired) electrons. The summed E-state index contributed by atoms with van der Waals surface area (Å²) in [6, 6.07) is 12.0. The summed E-state index contributed by atoms with van der Waals surface area (Å²) in [6.07, 6.45) is 9.76. The highest BCUT2D eigenvalue weighted by atomic mass is 32.2. The van der Waals surface area contributed by atoms with E-state index >= 15 is 0 Å². The highest BCUT2D eigenvalue weighted by Gasteiger charge is 2.18. The Kier molecular flexibility index (Phi) is 8.31. The number of fused-ring (bicyclic) bond motifs is 2. The molecule has 1 aliphatic heterocycles. The van der Waals surface area contributed by atoms with Crippen molar-refractivity contribution in [3.8, 4) is 0 Å². The van der Waals surface area contributed by atoms with Gasteiger partial charge < -0.3 is 15.5 Å². The molecule has 5 rings (SSSR count). The molecule has 0 saturated carbocycles. The maximum atomic E-state index is 11.1. The fourth-order valence-corrected chi connectivity index (χ4v) is 3.68. The Labute approximate surface area is 188 Å². The summed E-state index contributed by atoms with van der Waals surface area (Å²) >= 11 is 1.75. The lowest BCUT2D eigenvalue weighted by Gasteiger charge is -2.31. The molecule has 0 spiro atoms. The lowest BCUT2D eigenvalue weighted by molar-refractivity contribution is 0.1000. The van der Waals surface area contributed by atoms with Crippen LogP contribution < -0.4 is 10.6 Å². The largest absolute Gasteiger partial charge is 0.366 e. The van der Waals surface area contributed by atoms with Crippen molar-refractivity contribution in [1.29, 1.82) is 0 Å². The average molecular weight is 441 g/mol. The van der Waals surface area contributed by atoms with E-state index in [-0.39, 0.29) is 0 Å². The molecule has 1 saturated heterocycles. The van der Waals surface area contributed by atoms with Gasteiger partial charge in [-0.2, -0.15) is 16.7 Å². The third kappa shape index (κ3) is 6.21. The van der Waals surface area contributed by atoms with Crippen molar-refractivity contribution in [1.82, 2.24) is 19.5 Å². The first-order chi connectivity index (χ1) is 15.0. The summed E-state index contributed by atoms with van der Waals surface area (Å²) in [5, 5.41) is 4.42. The zero-order valence-electron chi connectivity index (χ0n) is 18.6. The van der Waals surface area contributed by atoms with Gasteiger partial charge in [0.05, 0.1) is 0 Å². The Hall–Kier alpha value is -2.58. The van der Waals surface area contributed by atoms with Gasteiger partial charge in [-0.15, -0.1) is 5.10 Å². The van der Waals surface area contributed by atoms with Crippen molar-refractivity contribution < 1.29 is 4.79 Å². The predicted octanol–water partition coefficient (Wildman–Crippen LogP) is 2.73. The number of aromatic nitrogens is 3. The third-order valence-electron chi connectivity index (χ3n) is 5.41. The lowest BCUT2D eigenvalue weighted by atomic mass is 10.1. The van der Waals surface area contributed by atoms with Gasteiger partial charge in [-0.05, 0) is 62.1 Å². The summed E-state index contributed by atoms with van der Waals surface area (Å²) < 4.78 is 1.67. The van der Waals surface area contributed by atoms with Crippen LogP contribution in [0.5, 0.6) is 0 Å². The number of amides is 1. The first-order valence-corrected chi connectivity index (χ1v) is 12.2. The number of piperazine rings is 1. The molecular formula is C23H32N6OS. The number of primary amides is 1. The summed E-state index contributed by atoms with van der Waals surface area (Å²) in [7, 11) is 2.10. The van der Waals surface area contributed by atoms with Gasteiger partial charge in [0.15, 0.2) is 5.65 Å². The number of nitrogens with two attached hydrogens (primary N) is 1. The SMILES string of the molecule is CN1CCN(c2nc3cc(C(N)=O)ccn3n2)CC1.CSC.c1ccc2c(c1)CCC2. The van der Waals surface area contributed by atoms with Crippen LogP contribution in [0, 0.1) is 0 Å². The molecule has 7 nitrogen and oxygen atoms in total. The van der Waals surface area contributed by atoms with Gasteiger partial charge in [0, 0.05) is 37.9 Å². The van der Waals surface area contributed by atoms with E-state index in [0.717, 1.165) is 26.2 Å². The first kappa shape index (κ1) is 23.1. The molecule has 8 heteroatoms. The first-order valence-electron chi connectivity index (χ1n) is 10.6. The van der Waals surface area contributed by atoms with Crippen molar-refractivity contribution in [2.75, 3.05) is 50.6 Å². The number of benzene rings is 1. The molecule has 166 valence electrons. The summed E-state index contributed by atoms with van der Waals surface area (Å²) in [5.41, 5.74) is 9.48. The van der Waals surface area contributed by atoms with E-state index < -0.39 is 5.91 Å². The number of thioether (sulfide) groups is 1. The van der Waals surface area contributed by atoms with Gasteiger partial charge in [-0.1, -0.05) is 24.3 Å². The molecule has 3 heterocycles. The van der Waals surface area contributed by atoms with Crippen LogP contribution in [-0.4, -0.2) is 71.1 Å². The van der Waals surface area contributed by atoms with E-state index in [1.165, 1.54) is 19.3 Å². The number of hydrogen-bond acceptors (Lipinski definition) is 6. The van der Waals surface area contributed by atoms with Crippen LogP contribution in [0.15, 0.2) is 42.6 Å². The van der Waals surface area contributed by atoms with E-state index in [4.69, 9.17) is 5.73 Å². The van der Waals surface area contributed by atoms with Gasteiger partial charge in [-0.3, -0.25) is 4.79 Å². The topological polar surface area (TPSA) is 79.8 Å². The molecule has 1 aromatic carbocycles. The Bertz CT molecular complexity index is 974. The Balaban J connectivity index is 0.000000188. The zero-order chi connectivity index (χ0) is 22.2. The van der Waals surface area contributed by atoms with Crippen LogP contribution in [0.4, 0.5) is 5.95 Å². The van der Waals surface area contributed by atoms with Crippen molar-refractivity contribution in [3.05, 3.63) is 59.3 Å². The van der Waals surface area contributed by atoms with Gasteiger partial charge in [0.25, 0.3) is 0 Å². The van der Waals surface area contributed by atoms with Crippen LogP contribution in [0.1, 0.15) is 27.9 Å². The number of carbonyl (C=O) groups excluding carboxylic acids is 1. The molecule has 31 heavy (non-hydrogen) atoms. The second-order valence-corrected chi connectivity index (χ2v) is 8.63. The zero-order valence-corrected chi connectivity index (χ0v) is 19.4. The normalized spacial score (nSPS) is 15.5. The van der Waals surface area contributed by atoms with Crippen molar-refractivity contribution in [2.24, 2.45) is 5.73 Å². The van der Waals surface area contributed by atoms with Crippen LogP contribution in [0.25, 0.3) is 5.65 Å². The highest BCUT2D eigenvalue weighted by molar-refractivity contribution is 7.97. The maximum absolute atomic E-state index is 11.1. The molecule has 1 fully saturated rings. The summed E-state index contributed by atoms with van der Waals surface area (Å²) in [4.78, 5) is 20.0. The van der Waals surface area contributed by atoms with Crippen LogP contribution in [-0.2, 0) is 12.8 Å². The molecule has 0 atom stereocenters. The molecule has 1 amide bonds. The predicted molar refractivity (Wildman–Crippen MR) is 129 cm³/mol. The molecule has 2 N–H and O–H groups in total. The van der Waals surface area contributed by atoms with E-state index in [1.807, 2.05) is 12.5 Å². The Morgan fingerprint density at radius 3 is 2.23 bits per heavy atom. The number of nitrogens with zero attached hydrogens (tertiary/aromatic N) is 5. The van der Waals surface area contributed by atoms with Crippen molar-refractivity contribution in [3.63, 3.8) is 0 Å². The number of rotatable bonds is 2. The Morgan fingerprint density at radius 1 is 1.03 bits per heavy atom. The minimum atomic E-state index is -0.452. The van der Waals surface area contributed by atoms with E-state index in [9.17, 15) is 4.79 Å². The van der Waals surface area contributed by atoms with Crippen LogP contribution in [0.3, 0.4) is 0 Å². The summed E-state index contributed by atoms with van der Waals surface area (Å²) in [5.74, 6) is 0.251. The number of anilines is 1. The fourth-order valence-electron chi connectivity index (χ4n) is 3.68. The van der Waals surface area contributed by atoms with Gasteiger partial charge >= 0.3 is 0 Å². The number of likely N-dealkylation sites (N-methyl/N-ethyl adjacent to an activating group) is 1. The van der Waals surface area contributed by atoms with Gasteiger partial charge in [0.1, 0.15) is 0 Å². The monoisotopic (exact) mass is 440 g/mol. The van der Waals surface area contributed by atoms with Crippen molar-refractivity contribution in [2.45, 2.75) is 19.3 Å². The minimum Gasteiger partial charge on any atom is -0.366 e. The molecule has 0 bridgehead atoms. The standard InChI is InChI=1S/C12H16N6O.C9H10.C2H6S/c1-16-4-6-17(7-5-16)12-14-10-8-9(11(13)19)2-3-18(10)15-12;1-2-5-9-7-3-6-8(9)4-1;1-3-2/h2-3,8H,4-7H2,1H3,(H2,13,19);1-2,4-5H,3,6-7H2;1-2H3.